The minimum absolute atomic E-state index is 0.0428. The summed E-state index contributed by atoms with van der Waals surface area (Å²) >= 11 is 0. The van der Waals surface area contributed by atoms with Gasteiger partial charge >= 0.3 is 12.6 Å². The monoisotopic (exact) mass is 449 g/mol. The van der Waals surface area contributed by atoms with E-state index in [2.05, 4.69) is 10.1 Å². The molecule has 2 aromatic rings. The van der Waals surface area contributed by atoms with Gasteiger partial charge in [-0.3, -0.25) is 14.9 Å². The van der Waals surface area contributed by atoms with Gasteiger partial charge in [0.25, 0.3) is 11.6 Å². The van der Waals surface area contributed by atoms with Crippen LogP contribution in [-0.4, -0.2) is 43.1 Å². The van der Waals surface area contributed by atoms with Crippen LogP contribution in [0.2, 0.25) is 0 Å². The molecule has 0 saturated carbocycles. The summed E-state index contributed by atoms with van der Waals surface area (Å²) in [5.41, 5.74) is 0.494. The van der Waals surface area contributed by atoms with Gasteiger partial charge in [-0.1, -0.05) is 0 Å². The molecule has 1 fully saturated rings. The molecule has 0 unspecified atom stereocenters. The predicted octanol–water partition coefficient (Wildman–Crippen LogP) is 3.98. The summed E-state index contributed by atoms with van der Waals surface area (Å²) < 4.78 is 33.5. The second-order valence-corrected chi connectivity index (χ2v) is 7.04. The summed E-state index contributed by atoms with van der Waals surface area (Å²) in [4.78, 5) is 37.2. The minimum Gasteiger partial charge on any atom is -0.452 e. The van der Waals surface area contributed by atoms with Gasteiger partial charge in [-0.25, -0.2) is 4.79 Å². The normalized spacial score (nSPS) is 13.5. The number of nitro benzene ring substituents is 1. The van der Waals surface area contributed by atoms with E-state index in [1.54, 1.807) is 0 Å². The molecule has 32 heavy (non-hydrogen) atoms. The fraction of sp³-hybridized carbons (Fsp3) is 0.333. The van der Waals surface area contributed by atoms with Gasteiger partial charge in [-0.15, -0.1) is 0 Å². The SMILES string of the molecule is O=C(COC(=O)c1ccc(N2CCCCC2)c([N+](=O)[O-])c1)Nc1ccc(OC(F)F)cc1. The number of carbonyl (C=O) groups excluding carboxylic acids is 2. The van der Waals surface area contributed by atoms with Crippen molar-refractivity contribution in [1.82, 2.24) is 0 Å². The number of carbonyl (C=O) groups is 2. The number of nitrogens with zero attached hydrogens (tertiary/aromatic N) is 2. The Kier molecular flexibility index (Phi) is 7.53. The Balaban J connectivity index is 1.58. The van der Waals surface area contributed by atoms with Gasteiger partial charge in [0.1, 0.15) is 11.4 Å². The number of hydrogen-bond acceptors (Lipinski definition) is 7. The average Bonchev–Trinajstić information content (AvgIpc) is 2.78. The van der Waals surface area contributed by atoms with E-state index in [0.717, 1.165) is 25.3 Å². The maximum absolute atomic E-state index is 12.3. The van der Waals surface area contributed by atoms with Crippen molar-refractivity contribution in [1.29, 1.82) is 0 Å². The molecule has 0 aromatic heterocycles. The van der Waals surface area contributed by atoms with Crippen LogP contribution in [0.25, 0.3) is 0 Å². The van der Waals surface area contributed by atoms with Crippen LogP contribution in [0.1, 0.15) is 29.6 Å². The number of benzene rings is 2. The van der Waals surface area contributed by atoms with E-state index >= 15 is 0 Å². The Labute approximate surface area is 182 Å². The zero-order chi connectivity index (χ0) is 23.1. The molecule has 0 bridgehead atoms. The number of amides is 1. The van der Waals surface area contributed by atoms with Crippen molar-refractivity contribution in [3.63, 3.8) is 0 Å². The fourth-order valence-electron chi connectivity index (χ4n) is 3.33. The minimum atomic E-state index is -2.96. The number of anilines is 2. The van der Waals surface area contributed by atoms with Crippen molar-refractivity contribution in [3.05, 3.63) is 58.1 Å². The standard InChI is InChI=1S/C21H21F2N3O6/c22-21(23)32-16-7-5-15(6-8-16)24-19(27)13-31-20(28)14-4-9-17(18(12-14)26(29)30)25-10-2-1-3-11-25/h4-9,12,21H,1-3,10-11,13H2,(H,24,27). The van der Waals surface area contributed by atoms with Crippen LogP contribution in [0, 0.1) is 10.1 Å². The van der Waals surface area contributed by atoms with Gasteiger partial charge < -0.3 is 19.7 Å². The Morgan fingerprint density at radius 3 is 2.41 bits per heavy atom. The first-order chi connectivity index (χ1) is 15.3. The van der Waals surface area contributed by atoms with Crippen molar-refractivity contribution in [2.45, 2.75) is 25.9 Å². The predicted molar refractivity (Wildman–Crippen MR) is 111 cm³/mol. The molecule has 0 aliphatic carbocycles. The van der Waals surface area contributed by atoms with E-state index < -0.39 is 30.0 Å². The summed E-state index contributed by atoms with van der Waals surface area (Å²) in [6, 6.07) is 9.28. The molecule has 1 heterocycles. The average molecular weight is 449 g/mol. The lowest BCUT2D eigenvalue weighted by Crippen LogP contribution is -2.30. The summed E-state index contributed by atoms with van der Waals surface area (Å²) in [6.45, 7) is -2.17. The highest BCUT2D eigenvalue weighted by Crippen LogP contribution is 2.31. The van der Waals surface area contributed by atoms with E-state index in [1.165, 1.54) is 36.4 Å². The van der Waals surface area contributed by atoms with Crippen LogP contribution in [0.5, 0.6) is 5.75 Å². The first-order valence-corrected chi connectivity index (χ1v) is 9.89. The smallest absolute Gasteiger partial charge is 0.387 e. The molecule has 9 nitrogen and oxygen atoms in total. The topological polar surface area (TPSA) is 111 Å². The second kappa shape index (κ2) is 10.5. The molecule has 170 valence electrons. The highest BCUT2D eigenvalue weighted by molar-refractivity contribution is 5.96. The van der Waals surface area contributed by atoms with Crippen LogP contribution in [0.4, 0.5) is 25.8 Å². The maximum Gasteiger partial charge on any atom is 0.387 e. The van der Waals surface area contributed by atoms with Crippen molar-refractivity contribution in [2.75, 3.05) is 29.9 Å². The third-order valence-corrected chi connectivity index (χ3v) is 4.80. The number of nitro groups is 1. The van der Waals surface area contributed by atoms with E-state index in [-0.39, 0.29) is 22.7 Å². The molecule has 1 aliphatic rings. The van der Waals surface area contributed by atoms with Crippen molar-refractivity contribution < 1.29 is 32.8 Å². The zero-order valence-electron chi connectivity index (χ0n) is 17.0. The molecule has 0 atom stereocenters. The lowest BCUT2D eigenvalue weighted by atomic mass is 10.1. The van der Waals surface area contributed by atoms with Gasteiger partial charge in [0.15, 0.2) is 6.61 Å². The van der Waals surface area contributed by atoms with Gasteiger partial charge in [0, 0.05) is 24.8 Å². The number of piperidine rings is 1. The Bertz CT molecular complexity index is 978. The molecular weight excluding hydrogens is 428 g/mol. The lowest BCUT2D eigenvalue weighted by molar-refractivity contribution is -0.384. The number of nitrogens with one attached hydrogen (secondary N) is 1. The highest BCUT2D eigenvalue weighted by atomic mass is 19.3. The number of rotatable bonds is 8. The van der Waals surface area contributed by atoms with Crippen molar-refractivity contribution in [3.8, 4) is 5.75 Å². The van der Waals surface area contributed by atoms with Crippen molar-refractivity contribution >= 4 is 28.9 Å². The van der Waals surface area contributed by atoms with Crippen LogP contribution in [-0.2, 0) is 9.53 Å². The Morgan fingerprint density at radius 2 is 1.78 bits per heavy atom. The van der Waals surface area contributed by atoms with Gasteiger partial charge in [-0.05, 0) is 55.7 Å². The van der Waals surface area contributed by atoms with E-state index in [1.807, 2.05) is 4.90 Å². The molecule has 1 N–H and O–H groups in total. The molecule has 1 saturated heterocycles. The van der Waals surface area contributed by atoms with Crippen molar-refractivity contribution in [2.24, 2.45) is 0 Å². The quantitative estimate of drug-likeness (QED) is 0.369. The van der Waals surface area contributed by atoms with Crippen LogP contribution >= 0.6 is 0 Å². The second-order valence-electron chi connectivity index (χ2n) is 7.04. The van der Waals surface area contributed by atoms with Crippen LogP contribution < -0.4 is 15.0 Å². The molecule has 0 spiro atoms. The number of esters is 1. The first kappa shape index (κ1) is 22.9. The molecule has 2 aromatic carbocycles. The highest BCUT2D eigenvalue weighted by Gasteiger charge is 2.23. The summed E-state index contributed by atoms with van der Waals surface area (Å²) in [7, 11) is 0. The number of ether oxygens (including phenoxy) is 2. The molecule has 11 heteroatoms. The number of alkyl halides is 2. The lowest BCUT2D eigenvalue weighted by Gasteiger charge is -2.28. The van der Waals surface area contributed by atoms with E-state index in [9.17, 15) is 28.5 Å². The fourth-order valence-corrected chi connectivity index (χ4v) is 3.33. The Morgan fingerprint density at radius 1 is 1.09 bits per heavy atom. The van der Waals surface area contributed by atoms with Gasteiger partial charge in [-0.2, -0.15) is 8.78 Å². The summed E-state index contributed by atoms with van der Waals surface area (Å²) in [5.74, 6) is -1.62. The Hall–Kier alpha value is -3.76. The molecule has 1 aliphatic heterocycles. The zero-order valence-corrected chi connectivity index (χ0v) is 17.0. The largest absolute Gasteiger partial charge is 0.452 e. The van der Waals surface area contributed by atoms with Crippen LogP contribution in [0.3, 0.4) is 0 Å². The summed E-state index contributed by atoms with van der Waals surface area (Å²) in [5, 5.41) is 13.9. The molecular formula is C21H21F2N3O6. The number of halogens is 2. The first-order valence-electron chi connectivity index (χ1n) is 9.89. The van der Waals surface area contributed by atoms with E-state index in [4.69, 9.17) is 4.74 Å². The maximum atomic E-state index is 12.3. The summed E-state index contributed by atoms with van der Waals surface area (Å²) in [6.07, 6.45) is 2.96. The third-order valence-electron chi connectivity index (χ3n) is 4.80. The van der Waals surface area contributed by atoms with Gasteiger partial charge in [0.2, 0.25) is 0 Å². The number of hydrogen-bond donors (Lipinski definition) is 1. The van der Waals surface area contributed by atoms with Gasteiger partial charge in [0.05, 0.1) is 10.5 Å². The third kappa shape index (κ3) is 6.13. The molecule has 3 rings (SSSR count). The molecule has 1 amide bonds. The van der Waals surface area contributed by atoms with Crippen LogP contribution in [0.15, 0.2) is 42.5 Å². The van der Waals surface area contributed by atoms with E-state index in [0.29, 0.717) is 18.8 Å². The molecule has 0 radical (unpaired) electrons.